The molecule has 0 radical (unpaired) electrons. The van der Waals surface area contributed by atoms with Crippen LogP contribution in [-0.2, 0) is 16.1 Å². The summed E-state index contributed by atoms with van der Waals surface area (Å²) in [6, 6.07) is 10.8. The molecule has 0 spiro atoms. The van der Waals surface area contributed by atoms with Crippen LogP contribution in [0.1, 0.15) is 24.0 Å². The average molecular weight is 344 g/mol. The SMILES string of the molecule is Cc1ccc(CN2C(=O)CC[C@@H]2C(=O)Nc2ccc(Cl)cn2)cc1. The Kier molecular flexibility index (Phi) is 4.81. The van der Waals surface area contributed by atoms with E-state index in [1.165, 1.54) is 6.20 Å². The van der Waals surface area contributed by atoms with Crippen molar-refractivity contribution in [1.29, 1.82) is 0 Å². The van der Waals surface area contributed by atoms with Gasteiger partial charge in [-0.15, -0.1) is 0 Å². The van der Waals surface area contributed by atoms with Gasteiger partial charge in [0, 0.05) is 19.2 Å². The molecule has 2 amide bonds. The average Bonchev–Trinajstić information content (AvgIpc) is 2.93. The predicted molar refractivity (Wildman–Crippen MR) is 92.6 cm³/mol. The zero-order valence-electron chi connectivity index (χ0n) is 13.3. The lowest BCUT2D eigenvalue weighted by atomic mass is 10.1. The van der Waals surface area contributed by atoms with Gasteiger partial charge in [-0.2, -0.15) is 0 Å². The molecule has 3 rings (SSSR count). The molecule has 1 aromatic heterocycles. The lowest BCUT2D eigenvalue weighted by Gasteiger charge is -2.24. The minimum absolute atomic E-state index is 0.000194. The van der Waals surface area contributed by atoms with Crippen molar-refractivity contribution < 1.29 is 9.59 Å². The Morgan fingerprint density at radius 3 is 2.71 bits per heavy atom. The fourth-order valence-electron chi connectivity index (χ4n) is 2.75. The molecule has 1 aliphatic heterocycles. The number of amides is 2. The molecular formula is C18H18ClN3O2. The third-order valence-corrected chi connectivity index (χ3v) is 4.31. The van der Waals surface area contributed by atoms with E-state index in [1.807, 2.05) is 31.2 Å². The number of rotatable bonds is 4. The molecule has 6 heteroatoms. The zero-order chi connectivity index (χ0) is 17.1. The Bertz CT molecular complexity index is 744. The summed E-state index contributed by atoms with van der Waals surface area (Å²) in [4.78, 5) is 30.4. The Labute approximate surface area is 145 Å². The number of carbonyl (C=O) groups excluding carboxylic acids is 2. The molecule has 2 aromatic rings. The van der Waals surface area contributed by atoms with Crippen LogP contribution in [0, 0.1) is 6.92 Å². The van der Waals surface area contributed by atoms with Crippen molar-refractivity contribution in [3.8, 4) is 0 Å². The van der Waals surface area contributed by atoms with Gasteiger partial charge in [-0.3, -0.25) is 9.59 Å². The normalized spacial score (nSPS) is 17.2. The summed E-state index contributed by atoms with van der Waals surface area (Å²) in [5, 5.41) is 3.26. The molecule has 24 heavy (non-hydrogen) atoms. The Balaban J connectivity index is 1.70. The van der Waals surface area contributed by atoms with Crippen LogP contribution in [0.25, 0.3) is 0 Å². The second kappa shape index (κ2) is 7.01. The second-order valence-electron chi connectivity index (χ2n) is 5.91. The molecule has 1 atom stereocenters. The van der Waals surface area contributed by atoms with Crippen LogP contribution >= 0.6 is 11.6 Å². The van der Waals surface area contributed by atoms with Crippen LogP contribution in [-0.4, -0.2) is 27.7 Å². The summed E-state index contributed by atoms with van der Waals surface area (Å²) in [6.07, 6.45) is 2.38. The van der Waals surface area contributed by atoms with E-state index in [1.54, 1.807) is 17.0 Å². The van der Waals surface area contributed by atoms with Crippen molar-refractivity contribution in [2.24, 2.45) is 0 Å². The van der Waals surface area contributed by atoms with Crippen LogP contribution in [0.4, 0.5) is 5.82 Å². The molecule has 1 fully saturated rings. The Hall–Kier alpha value is -2.40. The largest absolute Gasteiger partial charge is 0.326 e. The highest BCUT2D eigenvalue weighted by atomic mass is 35.5. The molecule has 1 N–H and O–H groups in total. The number of hydrogen-bond acceptors (Lipinski definition) is 3. The van der Waals surface area contributed by atoms with E-state index in [0.29, 0.717) is 30.2 Å². The van der Waals surface area contributed by atoms with Gasteiger partial charge in [-0.25, -0.2) is 4.98 Å². The topological polar surface area (TPSA) is 62.3 Å². The minimum atomic E-state index is -0.476. The fourth-order valence-corrected chi connectivity index (χ4v) is 2.87. The van der Waals surface area contributed by atoms with Crippen LogP contribution in [0.2, 0.25) is 5.02 Å². The Morgan fingerprint density at radius 1 is 1.29 bits per heavy atom. The predicted octanol–water partition coefficient (Wildman–Crippen LogP) is 3.17. The molecule has 5 nitrogen and oxygen atoms in total. The van der Waals surface area contributed by atoms with E-state index in [2.05, 4.69) is 10.3 Å². The van der Waals surface area contributed by atoms with Crippen molar-refractivity contribution in [3.63, 3.8) is 0 Å². The summed E-state index contributed by atoms with van der Waals surface area (Å²) in [6.45, 7) is 2.45. The standard InChI is InChI=1S/C18H18ClN3O2/c1-12-2-4-13(5-3-12)11-22-15(7-9-17(22)23)18(24)21-16-8-6-14(19)10-20-16/h2-6,8,10,15H,7,9,11H2,1H3,(H,20,21,24)/t15-/m1/s1. The van der Waals surface area contributed by atoms with Crippen LogP contribution in [0.15, 0.2) is 42.6 Å². The van der Waals surface area contributed by atoms with Gasteiger partial charge in [-0.1, -0.05) is 41.4 Å². The van der Waals surface area contributed by atoms with Crippen LogP contribution in [0.5, 0.6) is 0 Å². The summed E-state index contributed by atoms with van der Waals surface area (Å²) < 4.78 is 0. The first-order valence-corrected chi connectivity index (χ1v) is 8.18. The van der Waals surface area contributed by atoms with Crippen molar-refractivity contribution in [2.75, 3.05) is 5.32 Å². The number of carbonyl (C=O) groups is 2. The number of nitrogens with zero attached hydrogens (tertiary/aromatic N) is 2. The molecule has 0 bridgehead atoms. The molecule has 0 saturated carbocycles. The van der Waals surface area contributed by atoms with Gasteiger partial charge in [0.05, 0.1) is 5.02 Å². The van der Waals surface area contributed by atoms with E-state index in [9.17, 15) is 9.59 Å². The second-order valence-corrected chi connectivity index (χ2v) is 6.35. The highest BCUT2D eigenvalue weighted by Gasteiger charge is 2.36. The number of anilines is 1. The van der Waals surface area contributed by atoms with Crippen LogP contribution in [0.3, 0.4) is 0 Å². The van der Waals surface area contributed by atoms with Gasteiger partial charge in [0.1, 0.15) is 11.9 Å². The quantitative estimate of drug-likeness (QED) is 0.927. The highest BCUT2D eigenvalue weighted by molar-refractivity contribution is 6.30. The van der Waals surface area contributed by atoms with Gasteiger partial charge in [-0.05, 0) is 31.0 Å². The summed E-state index contributed by atoms with van der Waals surface area (Å²) in [7, 11) is 0. The maximum Gasteiger partial charge on any atom is 0.248 e. The zero-order valence-corrected chi connectivity index (χ0v) is 14.1. The molecule has 1 aromatic carbocycles. The monoisotopic (exact) mass is 343 g/mol. The van der Waals surface area contributed by atoms with E-state index in [0.717, 1.165) is 11.1 Å². The van der Waals surface area contributed by atoms with E-state index < -0.39 is 6.04 Å². The number of likely N-dealkylation sites (tertiary alicyclic amines) is 1. The maximum atomic E-state index is 12.5. The molecule has 124 valence electrons. The van der Waals surface area contributed by atoms with Crippen molar-refractivity contribution in [2.45, 2.75) is 32.4 Å². The molecule has 1 aliphatic rings. The van der Waals surface area contributed by atoms with Crippen molar-refractivity contribution in [3.05, 3.63) is 58.7 Å². The number of hydrogen-bond donors (Lipinski definition) is 1. The lowest BCUT2D eigenvalue weighted by Crippen LogP contribution is -2.41. The van der Waals surface area contributed by atoms with Gasteiger partial charge in [0.15, 0.2) is 0 Å². The van der Waals surface area contributed by atoms with Crippen LogP contribution < -0.4 is 5.32 Å². The smallest absolute Gasteiger partial charge is 0.248 e. The summed E-state index contributed by atoms with van der Waals surface area (Å²) in [5.41, 5.74) is 2.17. The highest BCUT2D eigenvalue weighted by Crippen LogP contribution is 2.23. The first-order valence-electron chi connectivity index (χ1n) is 7.80. The summed E-state index contributed by atoms with van der Waals surface area (Å²) >= 11 is 5.79. The number of benzene rings is 1. The van der Waals surface area contributed by atoms with Crippen molar-refractivity contribution >= 4 is 29.2 Å². The minimum Gasteiger partial charge on any atom is -0.326 e. The van der Waals surface area contributed by atoms with Gasteiger partial charge in [0.2, 0.25) is 11.8 Å². The summed E-state index contributed by atoms with van der Waals surface area (Å²) in [5.74, 6) is 0.210. The number of aromatic nitrogens is 1. The van der Waals surface area contributed by atoms with Gasteiger partial charge in [0.25, 0.3) is 0 Å². The number of nitrogens with one attached hydrogen (secondary N) is 1. The third kappa shape index (κ3) is 3.74. The lowest BCUT2D eigenvalue weighted by molar-refractivity contribution is -0.133. The first kappa shape index (κ1) is 16.5. The molecule has 1 saturated heterocycles. The van der Waals surface area contributed by atoms with E-state index in [-0.39, 0.29) is 11.8 Å². The molecule has 0 unspecified atom stereocenters. The van der Waals surface area contributed by atoms with Gasteiger partial charge < -0.3 is 10.2 Å². The third-order valence-electron chi connectivity index (χ3n) is 4.08. The molecular weight excluding hydrogens is 326 g/mol. The number of aryl methyl sites for hydroxylation is 1. The van der Waals surface area contributed by atoms with Crippen molar-refractivity contribution in [1.82, 2.24) is 9.88 Å². The number of pyridine rings is 1. The first-order chi connectivity index (χ1) is 11.5. The molecule has 0 aliphatic carbocycles. The van der Waals surface area contributed by atoms with E-state index in [4.69, 9.17) is 11.6 Å². The fraction of sp³-hybridized carbons (Fsp3) is 0.278. The Morgan fingerprint density at radius 2 is 2.04 bits per heavy atom. The molecule has 2 heterocycles. The van der Waals surface area contributed by atoms with Gasteiger partial charge >= 0.3 is 0 Å². The van der Waals surface area contributed by atoms with E-state index >= 15 is 0 Å². The maximum absolute atomic E-state index is 12.5. The number of halogens is 1.